The molecule has 0 aromatic carbocycles. The molecule has 7 nitrogen and oxygen atoms in total. The number of carboxylic acid groups (broad SMARTS) is 2. The molecule has 0 fully saturated rings. The van der Waals surface area contributed by atoms with Crippen molar-refractivity contribution in [3.63, 3.8) is 0 Å². The molecule has 1 rings (SSSR count). The van der Waals surface area contributed by atoms with E-state index < -0.39 is 39.9 Å². The van der Waals surface area contributed by atoms with Gasteiger partial charge in [-0.3, -0.25) is 9.59 Å². The Bertz CT molecular complexity index is 595. The predicted molar refractivity (Wildman–Crippen MR) is 68.4 cm³/mol. The van der Waals surface area contributed by atoms with Crippen molar-refractivity contribution in [1.82, 2.24) is 4.31 Å². The first-order valence-electron chi connectivity index (χ1n) is 4.53. The van der Waals surface area contributed by atoms with Crippen molar-refractivity contribution < 1.29 is 28.2 Å². The van der Waals surface area contributed by atoms with Crippen LogP contribution >= 0.6 is 34.5 Å². The lowest BCUT2D eigenvalue weighted by atomic mass is 10.6. The molecule has 0 aliphatic rings. The summed E-state index contributed by atoms with van der Waals surface area (Å²) >= 11 is 12.1. The minimum absolute atomic E-state index is 0.0918. The van der Waals surface area contributed by atoms with E-state index in [0.717, 1.165) is 17.4 Å². The molecule has 106 valence electrons. The van der Waals surface area contributed by atoms with Crippen LogP contribution in [0.25, 0.3) is 0 Å². The molecule has 19 heavy (non-hydrogen) atoms. The lowest BCUT2D eigenvalue weighted by Gasteiger charge is -2.17. The number of sulfonamides is 1. The Labute approximate surface area is 122 Å². The highest BCUT2D eigenvalue weighted by Gasteiger charge is 2.31. The van der Waals surface area contributed by atoms with Crippen LogP contribution < -0.4 is 0 Å². The normalized spacial score (nSPS) is 11.7. The van der Waals surface area contributed by atoms with Crippen LogP contribution in [0.15, 0.2) is 11.0 Å². The number of hydrogen-bond acceptors (Lipinski definition) is 5. The number of hydrogen-bond donors (Lipinski definition) is 2. The van der Waals surface area contributed by atoms with Crippen LogP contribution in [-0.2, 0) is 19.6 Å². The first kappa shape index (κ1) is 16.2. The van der Waals surface area contributed by atoms with E-state index in [0.29, 0.717) is 4.31 Å². The van der Waals surface area contributed by atoms with E-state index in [2.05, 4.69) is 0 Å². The molecule has 0 aliphatic heterocycles. The van der Waals surface area contributed by atoms with E-state index in [1.807, 2.05) is 0 Å². The van der Waals surface area contributed by atoms with E-state index in [9.17, 15) is 18.0 Å². The fraction of sp³-hybridized carbons (Fsp3) is 0.250. The second kappa shape index (κ2) is 6.06. The maximum absolute atomic E-state index is 12.1. The number of halogens is 2. The molecular formula is C8H7Cl2NO6S2. The molecule has 2 N–H and O–H groups in total. The van der Waals surface area contributed by atoms with Gasteiger partial charge in [0.1, 0.15) is 22.3 Å². The van der Waals surface area contributed by atoms with Gasteiger partial charge in [-0.2, -0.15) is 4.31 Å². The number of thiophene rings is 1. The van der Waals surface area contributed by atoms with Crippen molar-refractivity contribution in [3.8, 4) is 0 Å². The minimum Gasteiger partial charge on any atom is -0.480 e. The first-order valence-corrected chi connectivity index (χ1v) is 7.54. The van der Waals surface area contributed by atoms with Gasteiger partial charge in [-0.25, -0.2) is 8.42 Å². The lowest BCUT2D eigenvalue weighted by Crippen LogP contribution is -2.39. The van der Waals surface area contributed by atoms with Gasteiger partial charge in [-0.1, -0.05) is 23.2 Å². The Morgan fingerprint density at radius 1 is 1.21 bits per heavy atom. The van der Waals surface area contributed by atoms with Crippen molar-refractivity contribution >= 4 is 56.5 Å². The number of carbonyl (C=O) groups is 2. The third-order valence-electron chi connectivity index (χ3n) is 1.87. The molecular weight excluding hydrogens is 341 g/mol. The standard InChI is InChI=1S/C8H7Cl2NO6S2/c9-5-1-4(8(10)18-5)19(16,17)11(2-6(12)13)3-7(14)15/h1H,2-3H2,(H,12,13)(H,14,15). The highest BCUT2D eigenvalue weighted by Crippen LogP contribution is 2.35. The summed E-state index contributed by atoms with van der Waals surface area (Å²) < 4.78 is 24.4. The maximum Gasteiger partial charge on any atom is 0.318 e. The fourth-order valence-electron chi connectivity index (χ4n) is 1.17. The highest BCUT2D eigenvalue weighted by atomic mass is 35.5. The Morgan fingerprint density at radius 3 is 2.00 bits per heavy atom. The van der Waals surface area contributed by atoms with Crippen molar-refractivity contribution in [2.45, 2.75) is 4.90 Å². The molecule has 0 spiro atoms. The molecule has 0 unspecified atom stereocenters. The second-order valence-electron chi connectivity index (χ2n) is 3.25. The molecule has 0 bridgehead atoms. The summed E-state index contributed by atoms with van der Waals surface area (Å²) in [4.78, 5) is 20.8. The van der Waals surface area contributed by atoms with E-state index in [1.165, 1.54) is 0 Å². The van der Waals surface area contributed by atoms with Gasteiger partial charge in [0.2, 0.25) is 10.0 Å². The average Bonchev–Trinajstić information content (AvgIpc) is 2.56. The zero-order valence-electron chi connectivity index (χ0n) is 9.04. The molecule has 1 aromatic rings. The second-order valence-corrected chi connectivity index (χ2v) is 7.44. The third kappa shape index (κ3) is 4.05. The Kier molecular flexibility index (Phi) is 5.16. The maximum atomic E-state index is 12.1. The van der Waals surface area contributed by atoms with Crippen LogP contribution in [0.2, 0.25) is 8.67 Å². The molecule has 1 heterocycles. The summed E-state index contributed by atoms with van der Waals surface area (Å²) in [6.07, 6.45) is 0. The lowest BCUT2D eigenvalue weighted by molar-refractivity contribution is -0.139. The summed E-state index contributed by atoms with van der Waals surface area (Å²) in [5.41, 5.74) is 0. The molecule has 0 amide bonds. The van der Waals surface area contributed by atoms with E-state index >= 15 is 0 Å². The Hall–Kier alpha value is -0.870. The number of carboxylic acids is 2. The van der Waals surface area contributed by atoms with Crippen molar-refractivity contribution in [3.05, 3.63) is 14.7 Å². The fourth-order valence-corrected chi connectivity index (χ4v) is 4.62. The number of aliphatic carboxylic acids is 2. The molecule has 1 aromatic heterocycles. The van der Waals surface area contributed by atoms with Crippen molar-refractivity contribution in [1.29, 1.82) is 0 Å². The summed E-state index contributed by atoms with van der Waals surface area (Å²) in [6.45, 7) is -1.98. The summed E-state index contributed by atoms with van der Waals surface area (Å²) in [6, 6.07) is 1.04. The van der Waals surface area contributed by atoms with Gasteiger partial charge in [-0.15, -0.1) is 11.3 Å². The van der Waals surface area contributed by atoms with E-state index in [-0.39, 0.29) is 8.67 Å². The zero-order valence-corrected chi connectivity index (χ0v) is 12.2. The smallest absolute Gasteiger partial charge is 0.318 e. The molecule has 0 atom stereocenters. The molecule has 0 radical (unpaired) electrons. The number of nitrogens with zero attached hydrogens (tertiary/aromatic N) is 1. The van der Waals surface area contributed by atoms with Gasteiger partial charge in [-0.05, 0) is 6.07 Å². The van der Waals surface area contributed by atoms with Crippen LogP contribution in [-0.4, -0.2) is 48.0 Å². The molecule has 0 saturated carbocycles. The van der Waals surface area contributed by atoms with Gasteiger partial charge in [0.25, 0.3) is 0 Å². The average molecular weight is 348 g/mol. The van der Waals surface area contributed by atoms with Crippen LogP contribution in [0.4, 0.5) is 0 Å². The SMILES string of the molecule is O=C(O)CN(CC(=O)O)S(=O)(=O)c1cc(Cl)sc1Cl. The largest absolute Gasteiger partial charge is 0.480 e. The monoisotopic (exact) mass is 347 g/mol. The van der Waals surface area contributed by atoms with Crippen molar-refractivity contribution in [2.75, 3.05) is 13.1 Å². The third-order valence-corrected chi connectivity index (χ3v) is 5.41. The van der Waals surface area contributed by atoms with Gasteiger partial charge in [0, 0.05) is 0 Å². The van der Waals surface area contributed by atoms with E-state index in [4.69, 9.17) is 33.4 Å². The topological polar surface area (TPSA) is 112 Å². The van der Waals surface area contributed by atoms with Crippen molar-refractivity contribution in [2.24, 2.45) is 0 Å². The predicted octanol–water partition coefficient (Wildman–Crippen LogP) is 1.21. The summed E-state index contributed by atoms with van der Waals surface area (Å²) in [7, 11) is -4.34. The van der Waals surface area contributed by atoms with Gasteiger partial charge in [0.15, 0.2) is 0 Å². The van der Waals surface area contributed by atoms with Crippen LogP contribution in [0.5, 0.6) is 0 Å². The quantitative estimate of drug-likeness (QED) is 0.799. The highest BCUT2D eigenvalue weighted by molar-refractivity contribution is 7.89. The number of rotatable bonds is 6. The first-order chi connectivity index (χ1) is 8.64. The molecule has 0 saturated heterocycles. The Morgan fingerprint density at radius 2 is 1.68 bits per heavy atom. The van der Waals surface area contributed by atoms with Crippen LogP contribution in [0.1, 0.15) is 0 Å². The van der Waals surface area contributed by atoms with Crippen LogP contribution in [0.3, 0.4) is 0 Å². The minimum atomic E-state index is -4.34. The molecule has 11 heteroatoms. The van der Waals surface area contributed by atoms with Gasteiger partial charge in [0.05, 0.1) is 4.34 Å². The summed E-state index contributed by atoms with van der Waals surface area (Å²) in [5.74, 6) is -2.97. The molecule has 0 aliphatic carbocycles. The Balaban J connectivity index is 3.22. The zero-order chi connectivity index (χ0) is 14.8. The van der Waals surface area contributed by atoms with Gasteiger partial charge >= 0.3 is 11.9 Å². The van der Waals surface area contributed by atoms with E-state index in [1.54, 1.807) is 0 Å². The van der Waals surface area contributed by atoms with Crippen LogP contribution in [0, 0.1) is 0 Å². The van der Waals surface area contributed by atoms with Gasteiger partial charge < -0.3 is 10.2 Å². The summed E-state index contributed by atoms with van der Waals surface area (Å²) in [5, 5.41) is 17.3.